The molecule has 0 radical (unpaired) electrons. The van der Waals surface area contributed by atoms with Gasteiger partial charge in [-0.1, -0.05) is 0 Å². The van der Waals surface area contributed by atoms with Crippen LogP contribution in [0.5, 0.6) is 0 Å². The Morgan fingerprint density at radius 3 is 2.23 bits per heavy atom. The molecule has 0 aromatic carbocycles. The highest BCUT2D eigenvalue weighted by Crippen LogP contribution is 2.36. The third kappa shape index (κ3) is 1.37. The highest BCUT2D eigenvalue weighted by atomic mass is 16.6. The van der Waals surface area contributed by atoms with Crippen molar-refractivity contribution in [2.24, 2.45) is 0 Å². The molecule has 1 unspecified atom stereocenters. The second kappa shape index (κ2) is 2.42. The number of ether oxygens (including phenoxy) is 1. The second-order valence-corrected chi connectivity index (χ2v) is 3.83. The number of imide groups is 1. The maximum absolute atomic E-state index is 11.1. The highest BCUT2D eigenvalue weighted by molar-refractivity contribution is 6.12. The lowest BCUT2D eigenvalue weighted by molar-refractivity contribution is -0.137. The number of hydrogen-bond acceptors (Lipinski definition) is 3. The van der Waals surface area contributed by atoms with Gasteiger partial charge in [-0.2, -0.15) is 0 Å². The van der Waals surface area contributed by atoms with Gasteiger partial charge in [0.05, 0.1) is 12.1 Å². The molecule has 2 aliphatic heterocycles. The molecule has 0 aliphatic carbocycles. The van der Waals surface area contributed by atoms with Crippen molar-refractivity contribution in [3.63, 3.8) is 0 Å². The van der Waals surface area contributed by atoms with E-state index in [9.17, 15) is 9.59 Å². The summed E-state index contributed by atoms with van der Waals surface area (Å²) in [5, 5.41) is 0. The molecule has 70 valence electrons. The molecular formula is C9H11NO3. The van der Waals surface area contributed by atoms with Gasteiger partial charge >= 0.3 is 0 Å². The van der Waals surface area contributed by atoms with E-state index in [4.69, 9.17) is 4.74 Å². The van der Waals surface area contributed by atoms with Crippen LogP contribution in [0.4, 0.5) is 0 Å². The fraction of sp³-hybridized carbons (Fsp3) is 0.556. The number of rotatable bonds is 2. The average Bonchev–Trinajstić information content (AvgIpc) is 2.52. The number of amides is 2. The molecular weight excluding hydrogens is 170 g/mol. The number of carbonyl (C=O) groups is 2. The number of nitrogens with zero attached hydrogens (tertiary/aromatic N) is 1. The van der Waals surface area contributed by atoms with Crippen LogP contribution in [0.1, 0.15) is 13.8 Å². The molecule has 1 fully saturated rings. The van der Waals surface area contributed by atoms with Gasteiger partial charge in [0.2, 0.25) is 0 Å². The van der Waals surface area contributed by atoms with Gasteiger partial charge < -0.3 is 4.74 Å². The molecule has 0 saturated carbocycles. The summed E-state index contributed by atoms with van der Waals surface area (Å²) < 4.78 is 5.29. The maximum atomic E-state index is 11.1. The molecule has 1 atom stereocenters. The monoisotopic (exact) mass is 181 g/mol. The Morgan fingerprint density at radius 1 is 1.38 bits per heavy atom. The number of hydrogen-bond donors (Lipinski definition) is 0. The van der Waals surface area contributed by atoms with Gasteiger partial charge in [-0.25, -0.2) is 0 Å². The van der Waals surface area contributed by atoms with Gasteiger partial charge in [-0.15, -0.1) is 0 Å². The Kier molecular flexibility index (Phi) is 1.57. The molecule has 2 amide bonds. The second-order valence-electron chi connectivity index (χ2n) is 3.83. The topological polar surface area (TPSA) is 49.9 Å². The fourth-order valence-corrected chi connectivity index (χ4v) is 1.37. The van der Waals surface area contributed by atoms with Crippen LogP contribution in [0.2, 0.25) is 0 Å². The maximum Gasteiger partial charge on any atom is 0.253 e. The molecule has 0 aromatic heterocycles. The zero-order valence-electron chi connectivity index (χ0n) is 7.61. The number of carbonyl (C=O) groups excluding carboxylic acids is 2. The molecule has 4 heteroatoms. The summed E-state index contributed by atoms with van der Waals surface area (Å²) in [5.41, 5.74) is -0.177. The van der Waals surface area contributed by atoms with E-state index in [2.05, 4.69) is 0 Å². The molecule has 13 heavy (non-hydrogen) atoms. The van der Waals surface area contributed by atoms with E-state index in [1.54, 1.807) is 0 Å². The average molecular weight is 181 g/mol. The van der Waals surface area contributed by atoms with E-state index in [1.807, 2.05) is 13.8 Å². The van der Waals surface area contributed by atoms with Crippen LogP contribution in [0.25, 0.3) is 0 Å². The molecule has 1 saturated heterocycles. The van der Waals surface area contributed by atoms with Crippen molar-refractivity contribution in [1.29, 1.82) is 0 Å². The van der Waals surface area contributed by atoms with Crippen molar-refractivity contribution in [2.75, 3.05) is 6.54 Å². The van der Waals surface area contributed by atoms with E-state index in [-0.39, 0.29) is 23.5 Å². The van der Waals surface area contributed by atoms with E-state index < -0.39 is 0 Å². The van der Waals surface area contributed by atoms with E-state index in [1.165, 1.54) is 17.1 Å². The first kappa shape index (κ1) is 8.44. The van der Waals surface area contributed by atoms with Crippen LogP contribution < -0.4 is 0 Å². The molecule has 2 aliphatic rings. The van der Waals surface area contributed by atoms with Crippen molar-refractivity contribution < 1.29 is 14.3 Å². The largest absolute Gasteiger partial charge is 0.365 e. The van der Waals surface area contributed by atoms with Gasteiger partial charge in [0.1, 0.15) is 6.10 Å². The third-order valence-electron chi connectivity index (χ3n) is 2.41. The zero-order chi connectivity index (χ0) is 9.64. The van der Waals surface area contributed by atoms with Gasteiger partial charge in [-0.05, 0) is 13.8 Å². The molecule has 0 aromatic rings. The van der Waals surface area contributed by atoms with Crippen LogP contribution in [0, 0.1) is 0 Å². The van der Waals surface area contributed by atoms with Gasteiger partial charge in [-0.3, -0.25) is 14.5 Å². The van der Waals surface area contributed by atoms with E-state index in [0.29, 0.717) is 6.54 Å². The first-order valence-corrected chi connectivity index (χ1v) is 4.22. The predicted octanol–water partition coefficient (Wildman–Crippen LogP) is 0.0888. The van der Waals surface area contributed by atoms with Crippen LogP contribution >= 0.6 is 0 Å². The molecule has 0 spiro atoms. The standard InChI is InChI=1S/C9H11NO3/c1-9(2)6(13-9)5-10-7(11)3-4-8(10)12/h3-4,6H,5H2,1-2H3. The summed E-state index contributed by atoms with van der Waals surface area (Å²) in [6.45, 7) is 4.25. The minimum atomic E-state index is -0.240. The smallest absolute Gasteiger partial charge is 0.253 e. The summed E-state index contributed by atoms with van der Waals surface area (Å²) in [6.07, 6.45) is 2.58. The Labute approximate surface area is 76.2 Å². The lowest BCUT2D eigenvalue weighted by Gasteiger charge is -2.11. The Balaban J connectivity index is 1.97. The molecule has 0 bridgehead atoms. The van der Waals surface area contributed by atoms with Crippen LogP contribution in [0.15, 0.2) is 12.2 Å². The van der Waals surface area contributed by atoms with Crippen molar-refractivity contribution in [3.8, 4) is 0 Å². The highest BCUT2D eigenvalue weighted by Gasteiger charge is 2.49. The van der Waals surface area contributed by atoms with Crippen molar-refractivity contribution in [2.45, 2.75) is 25.6 Å². The lowest BCUT2D eigenvalue weighted by atomic mass is 10.1. The predicted molar refractivity (Wildman–Crippen MR) is 44.8 cm³/mol. The first-order chi connectivity index (χ1) is 6.00. The summed E-state index contributed by atoms with van der Waals surface area (Å²) >= 11 is 0. The fourth-order valence-electron chi connectivity index (χ4n) is 1.37. The number of epoxide rings is 1. The van der Waals surface area contributed by atoms with Gasteiger partial charge in [0.25, 0.3) is 11.8 Å². The Morgan fingerprint density at radius 2 is 1.85 bits per heavy atom. The van der Waals surface area contributed by atoms with Crippen molar-refractivity contribution >= 4 is 11.8 Å². The molecule has 2 rings (SSSR count). The minimum Gasteiger partial charge on any atom is -0.365 e. The van der Waals surface area contributed by atoms with Crippen molar-refractivity contribution in [3.05, 3.63) is 12.2 Å². The lowest BCUT2D eigenvalue weighted by Crippen LogP contribution is -2.34. The first-order valence-electron chi connectivity index (χ1n) is 4.22. The SMILES string of the molecule is CC1(C)OC1CN1C(=O)C=CC1=O. The normalized spacial score (nSPS) is 30.0. The summed E-state index contributed by atoms with van der Waals surface area (Å²) in [5.74, 6) is -0.479. The van der Waals surface area contributed by atoms with Gasteiger partial charge in [0, 0.05) is 12.2 Å². The molecule has 2 heterocycles. The van der Waals surface area contributed by atoms with Crippen LogP contribution in [-0.4, -0.2) is 35.0 Å². The van der Waals surface area contributed by atoms with Crippen LogP contribution in [-0.2, 0) is 14.3 Å². The van der Waals surface area contributed by atoms with Gasteiger partial charge in [0.15, 0.2) is 0 Å². The van der Waals surface area contributed by atoms with E-state index >= 15 is 0 Å². The third-order valence-corrected chi connectivity index (χ3v) is 2.41. The Hall–Kier alpha value is -1.16. The van der Waals surface area contributed by atoms with Crippen LogP contribution in [0.3, 0.4) is 0 Å². The summed E-state index contributed by atoms with van der Waals surface area (Å²) in [6, 6.07) is 0. The van der Waals surface area contributed by atoms with Crippen molar-refractivity contribution in [1.82, 2.24) is 4.90 Å². The summed E-state index contributed by atoms with van der Waals surface area (Å²) in [4.78, 5) is 23.5. The molecule has 0 N–H and O–H groups in total. The molecule has 4 nitrogen and oxygen atoms in total. The minimum absolute atomic E-state index is 0.000278. The zero-order valence-corrected chi connectivity index (χ0v) is 7.61. The summed E-state index contributed by atoms with van der Waals surface area (Å²) in [7, 11) is 0. The van der Waals surface area contributed by atoms with E-state index in [0.717, 1.165) is 0 Å². The Bertz CT molecular complexity index is 288. The quantitative estimate of drug-likeness (QED) is 0.448.